The highest BCUT2D eigenvalue weighted by Gasteiger charge is 2.25. The molecule has 2 aromatic rings. The molecule has 8 nitrogen and oxygen atoms in total. The summed E-state index contributed by atoms with van der Waals surface area (Å²) in [6.07, 6.45) is 4.78. The third-order valence-electron chi connectivity index (χ3n) is 3.58. The highest BCUT2D eigenvalue weighted by Crippen LogP contribution is 2.19. The summed E-state index contributed by atoms with van der Waals surface area (Å²) in [7, 11) is 0. The number of thioether (sulfide) groups is 2. The molecule has 0 aromatic carbocycles. The van der Waals surface area contributed by atoms with Gasteiger partial charge in [0.2, 0.25) is 0 Å². The number of nitrogens with zero attached hydrogens (tertiary/aromatic N) is 3. The van der Waals surface area contributed by atoms with E-state index in [9.17, 15) is 9.59 Å². The summed E-state index contributed by atoms with van der Waals surface area (Å²) in [4.78, 5) is 39.5. The fourth-order valence-corrected chi connectivity index (χ4v) is 4.24. The van der Waals surface area contributed by atoms with Crippen LogP contribution in [0.1, 0.15) is 35.1 Å². The number of halogens is 1. The van der Waals surface area contributed by atoms with Crippen molar-refractivity contribution in [3.05, 3.63) is 38.8 Å². The van der Waals surface area contributed by atoms with Gasteiger partial charge in [-0.15, -0.1) is 11.3 Å². The van der Waals surface area contributed by atoms with E-state index in [4.69, 9.17) is 10.6 Å². The number of amidine groups is 1. The predicted octanol–water partition coefficient (Wildman–Crippen LogP) is 3.52. The van der Waals surface area contributed by atoms with Crippen LogP contribution in [-0.4, -0.2) is 51.5 Å². The van der Waals surface area contributed by atoms with Crippen molar-refractivity contribution in [2.75, 3.05) is 17.8 Å². The van der Waals surface area contributed by atoms with Gasteiger partial charge in [-0.25, -0.2) is 14.8 Å². The highest BCUT2D eigenvalue weighted by molar-refractivity contribution is 9.10. The highest BCUT2D eigenvalue weighted by atomic mass is 79.9. The molecule has 1 atom stereocenters. The molecule has 0 saturated heterocycles. The number of carbonyl (C=O) groups is 2. The molecular weight excluding hydrogens is 510 g/mol. The van der Waals surface area contributed by atoms with Crippen LogP contribution in [0.15, 0.2) is 38.5 Å². The lowest BCUT2D eigenvalue weighted by Gasteiger charge is -2.16. The zero-order valence-corrected chi connectivity index (χ0v) is 20.5. The second kappa shape index (κ2) is 12.9. The number of rotatable bonds is 11. The van der Waals surface area contributed by atoms with Gasteiger partial charge in [0.25, 0.3) is 5.91 Å². The van der Waals surface area contributed by atoms with Crippen molar-refractivity contribution < 1.29 is 14.4 Å². The lowest BCUT2D eigenvalue weighted by atomic mass is 10.2. The molecule has 0 spiro atoms. The second-order valence-electron chi connectivity index (χ2n) is 5.87. The van der Waals surface area contributed by atoms with E-state index in [0.717, 1.165) is 12.2 Å². The number of carbonyl (C=O) groups excluding carboxylic acids is 2. The Morgan fingerprint density at radius 3 is 2.90 bits per heavy atom. The molecule has 2 rings (SSSR count). The van der Waals surface area contributed by atoms with Crippen molar-refractivity contribution in [3.8, 4) is 0 Å². The molecular formula is C18H22BrN5O3S3. The van der Waals surface area contributed by atoms with E-state index >= 15 is 0 Å². The van der Waals surface area contributed by atoms with E-state index in [2.05, 4.69) is 43.3 Å². The van der Waals surface area contributed by atoms with Gasteiger partial charge >= 0.3 is 5.97 Å². The molecule has 1 amide bonds. The molecule has 2 aromatic heterocycles. The summed E-state index contributed by atoms with van der Waals surface area (Å²) >= 11 is 7.69. The fraction of sp³-hybridized carbons (Fsp3) is 0.389. The van der Waals surface area contributed by atoms with E-state index in [0.29, 0.717) is 26.7 Å². The van der Waals surface area contributed by atoms with Crippen molar-refractivity contribution in [2.24, 2.45) is 10.9 Å². The number of aromatic nitrogens is 2. The summed E-state index contributed by atoms with van der Waals surface area (Å²) in [5.74, 6) is 0.398. The van der Waals surface area contributed by atoms with Gasteiger partial charge < -0.3 is 15.9 Å². The summed E-state index contributed by atoms with van der Waals surface area (Å²) < 4.78 is 0.442. The van der Waals surface area contributed by atoms with Crippen LogP contribution in [-0.2, 0) is 9.63 Å². The smallest absolute Gasteiger partial charge is 0.357 e. The molecule has 0 unspecified atom stereocenters. The lowest BCUT2D eigenvalue weighted by molar-refractivity contribution is -0.146. The van der Waals surface area contributed by atoms with Crippen LogP contribution < -0.4 is 11.1 Å². The molecule has 162 valence electrons. The average Bonchev–Trinajstić information content (AvgIpc) is 3.29. The van der Waals surface area contributed by atoms with E-state index in [-0.39, 0.29) is 11.5 Å². The van der Waals surface area contributed by atoms with Gasteiger partial charge in [0, 0.05) is 11.9 Å². The molecule has 0 aliphatic carbocycles. The molecule has 0 saturated carbocycles. The molecule has 0 bridgehead atoms. The minimum absolute atomic E-state index is 0.101. The number of hydrogen-bond acceptors (Lipinski definition) is 9. The Morgan fingerprint density at radius 2 is 2.23 bits per heavy atom. The molecule has 2 heterocycles. The maximum atomic E-state index is 12.8. The summed E-state index contributed by atoms with van der Waals surface area (Å²) in [6.45, 7) is 2.05. The minimum Gasteiger partial charge on any atom is -0.380 e. The van der Waals surface area contributed by atoms with Gasteiger partial charge in [0.05, 0.1) is 9.35 Å². The molecule has 12 heteroatoms. The van der Waals surface area contributed by atoms with Gasteiger partial charge in [0.1, 0.15) is 11.7 Å². The van der Waals surface area contributed by atoms with E-state index < -0.39 is 17.9 Å². The zero-order chi connectivity index (χ0) is 21.9. The SMILES string of the molecule is CCCSc1ncc(Br)c(C(=O)N[C@H](CCSC)C(=O)O/N=C(/N)c2cccs2)n1. The van der Waals surface area contributed by atoms with Crippen LogP contribution in [0.25, 0.3) is 0 Å². The third kappa shape index (κ3) is 7.56. The Morgan fingerprint density at radius 1 is 1.43 bits per heavy atom. The van der Waals surface area contributed by atoms with Crippen molar-refractivity contribution in [1.29, 1.82) is 0 Å². The lowest BCUT2D eigenvalue weighted by Crippen LogP contribution is -2.42. The van der Waals surface area contributed by atoms with Gasteiger partial charge in [-0.2, -0.15) is 11.8 Å². The second-order valence-corrected chi connectivity index (χ2v) is 9.72. The van der Waals surface area contributed by atoms with Crippen molar-refractivity contribution in [3.63, 3.8) is 0 Å². The quantitative estimate of drug-likeness (QED) is 0.113. The van der Waals surface area contributed by atoms with Crippen LogP contribution in [0.5, 0.6) is 0 Å². The maximum absolute atomic E-state index is 12.8. The third-order valence-corrected chi connectivity index (χ3v) is 6.76. The van der Waals surface area contributed by atoms with Crippen molar-refractivity contribution in [1.82, 2.24) is 15.3 Å². The normalized spacial score (nSPS) is 12.4. The fourth-order valence-electron chi connectivity index (χ4n) is 2.11. The first-order chi connectivity index (χ1) is 14.5. The first kappa shape index (κ1) is 24.6. The number of oxime groups is 1. The number of thiophene rings is 1. The Labute approximate surface area is 196 Å². The number of nitrogens with one attached hydrogen (secondary N) is 1. The summed E-state index contributed by atoms with van der Waals surface area (Å²) in [6, 6.07) is 2.70. The largest absolute Gasteiger partial charge is 0.380 e. The topological polar surface area (TPSA) is 120 Å². The van der Waals surface area contributed by atoms with Gasteiger partial charge in [0.15, 0.2) is 11.0 Å². The number of nitrogens with two attached hydrogens (primary N) is 1. The molecule has 0 aliphatic heterocycles. The Bertz CT molecular complexity index is 880. The van der Waals surface area contributed by atoms with Crippen LogP contribution in [0.4, 0.5) is 0 Å². The predicted molar refractivity (Wildman–Crippen MR) is 126 cm³/mol. The Hall–Kier alpha value is -1.63. The van der Waals surface area contributed by atoms with Gasteiger partial charge in [-0.05, 0) is 52.2 Å². The van der Waals surface area contributed by atoms with Crippen molar-refractivity contribution in [2.45, 2.75) is 31.0 Å². The number of hydrogen-bond donors (Lipinski definition) is 2. The molecule has 0 fully saturated rings. The Kier molecular flexibility index (Phi) is 10.6. The van der Waals surface area contributed by atoms with Crippen LogP contribution >= 0.6 is 50.8 Å². The zero-order valence-electron chi connectivity index (χ0n) is 16.5. The summed E-state index contributed by atoms with van der Waals surface area (Å²) in [5.41, 5.74) is 5.98. The van der Waals surface area contributed by atoms with Crippen molar-refractivity contribution >= 4 is 68.5 Å². The Balaban J connectivity index is 2.10. The standard InChI is InChI=1S/C18H22BrN5O3S3/c1-3-7-30-18-21-10-11(19)14(23-18)16(25)22-12(6-9-28-2)17(26)27-24-15(20)13-5-4-8-29-13/h4-5,8,10,12H,3,6-7,9H2,1-2H3,(H2,20,24)(H,22,25)/t12-/m1/s1. The van der Waals surface area contributed by atoms with Gasteiger partial charge in [-0.3, -0.25) is 4.79 Å². The molecule has 0 radical (unpaired) electrons. The average molecular weight is 533 g/mol. The number of amides is 1. The van der Waals surface area contributed by atoms with Gasteiger partial charge in [-0.1, -0.05) is 29.9 Å². The maximum Gasteiger partial charge on any atom is 0.357 e. The monoisotopic (exact) mass is 531 g/mol. The first-order valence-corrected chi connectivity index (χ1v) is 13.0. The molecule has 3 N–H and O–H groups in total. The first-order valence-electron chi connectivity index (χ1n) is 8.99. The van der Waals surface area contributed by atoms with Crippen LogP contribution in [0.3, 0.4) is 0 Å². The van der Waals surface area contributed by atoms with E-state index in [1.54, 1.807) is 17.8 Å². The van der Waals surface area contributed by atoms with Crippen LogP contribution in [0, 0.1) is 0 Å². The van der Waals surface area contributed by atoms with E-state index in [1.807, 2.05) is 17.7 Å². The van der Waals surface area contributed by atoms with Crippen LogP contribution in [0.2, 0.25) is 0 Å². The molecule has 0 aliphatic rings. The summed E-state index contributed by atoms with van der Waals surface area (Å²) in [5, 5.41) is 8.73. The molecule has 30 heavy (non-hydrogen) atoms. The van der Waals surface area contributed by atoms with E-state index in [1.165, 1.54) is 29.3 Å². The minimum atomic E-state index is -0.890.